The predicted octanol–water partition coefficient (Wildman–Crippen LogP) is 0.469. The third-order valence-electron chi connectivity index (χ3n) is 2.02. The molecule has 0 radical (unpaired) electrons. The van der Waals surface area contributed by atoms with Crippen LogP contribution in [0.15, 0.2) is 30.9 Å². The van der Waals surface area contributed by atoms with Gasteiger partial charge in [-0.1, -0.05) is 0 Å². The topological polar surface area (TPSA) is 87.8 Å². The van der Waals surface area contributed by atoms with E-state index >= 15 is 0 Å². The van der Waals surface area contributed by atoms with Gasteiger partial charge in [-0.2, -0.15) is 5.10 Å². The molecule has 0 saturated carbocycles. The molecule has 2 aromatic heterocycles. The highest BCUT2D eigenvalue weighted by Crippen LogP contribution is 2.24. The van der Waals surface area contributed by atoms with E-state index in [9.17, 15) is 5.11 Å². The standard InChI is InChI=1S/C9H10N4O/c10-8-1-2-11-5-7(8)9(14)6-3-12-13-4-6/h1-5,9,14H,(H2,10,11)(H,12,13). The zero-order valence-electron chi connectivity index (χ0n) is 7.38. The fourth-order valence-corrected chi connectivity index (χ4v) is 1.24. The van der Waals surface area contributed by atoms with Crippen LogP contribution >= 0.6 is 0 Å². The Balaban J connectivity index is 2.37. The third kappa shape index (κ3) is 1.45. The number of aliphatic hydroxyl groups excluding tert-OH is 1. The van der Waals surface area contributed by atoms with E-state index in [2.05, 4.69) is 15.2 Å². The van der Waals surface area contributed by atoms with Crippen molar-refractivity contribution in [1.29, 1.82) is 0 Å². The van der Waals surface area contributed by atoms with Crippen molar-refractivity contribution in [3.05, 3.63) is 42.0 Å². The largest absolute Gasteiger partial charge is 0.398 e. The molecule has 2 rings (SSSR count). The van der Waals surface area contributed by atoms with Gasteiger partial charge in [0.2, 0.25) is 0 Å². The summed E-state index contributed by atoms with van der Waals surface area (Å²) < 4.78 is 0. The van der Waals surface area contributed by atoms with Gasteiger partial charge in [0, 0.05) is 35.4 Å². The van der Waals surface area contributed by atoms with Gasteiger partial charge in [0.1, 0.15) is 6.10 Å². The molecule has 4 N–H and O–H groups in total. The molecule has 1 unspecified atom stereocenters. The molecule has 0 aliphatic heterocycles. The van der Waals surface area contributed by atoms with Gasteiger partial charge in [-0.05, 0) is 6.07 Å². The molecule has 0 spiro atoms. The number of aromatic nitrogens is 3. The molecule has 5 heteroatoms. The number of hydrogen-bond acceptors (Lipinski definition) is 4. The first kappa shape index (κ1) is 8.71. The SMILES string of the molecule is Nc1ccncc1C(O)c1cn[nH]c1. The Bertz CT molecular complexity index is 413. The van der Waals surface area contributed by atoms with Crippen molar-refractivity contribution < 1.29 is 5.11 Å². The number of hydrogen-bond donors (Lipinski definition) is 3. The van der Waals surface area contributed by atoms with Crippen LogP contribution in [0.3, 0.4) is 0 Å². The highest BCUT2D eigenvalue weighted by molar-refractivity contribution is 5.48. The molecule has 2 aromatic rings. The monoisotopic (exact) mass is 190 g/mol. The van der Waals surface area contributed by atoms with Crippen molar-refractivity contribution >= 4 is 5.69 Å². The van der Waals surface area contributed by atoms with Crippen LogP contribution < -0.4 is 5.73 Å². The van der Waals surface area contributed by atoms with Crippen LogP contribution in [-0.4, -0.2) is 20.3 Å². The Labute approximate surface area is 80.6 Å². The fourth-order valence-electron chi connectivity index (χ4n) is 1.24. The van der Waals surface area contributed by atoms with E-state index in [1.807, 2.05) is 0 Å². The van der Waals surface area contributed by atoms with Gasteiger partial charge in [-0.15, -0.1) is 0 Å². The summed E-state index contributed by atoms with van der Waals surface area (Å²) >= 11 is 0. The Morgan fingerprint density at radius 3 is 2.93 bits per heavy atom. The number of H-pyrrole nitrogens is 1. The van der Waals surface area contributed by atoms with Gasteiger partial charge in [0.25, 0.3) is 0 Å². The number of nitrogens with zero attached hydrogens (tertiary/aromatic N) is 2. The number of pyridine rings is 1. The predicted molar refractivity (Wildman–Crippen MR) is 51.3 cm³/mol. The maximum absolute atomic E-state index is 9.88. The second-order valence-corrected chi connectivity index (χ2v) is 2.94. The molecule has 72 valence electrons. The molecule has 0 aliphatic rings. The molecule has 2 heterocycles. The van der Waals surface area contributed by atoms with Crippen molar-refractivity contribution in [2.24, 2.45) is 0 Å². The molecule has 0 aromatic carbocycles. The number of anilines is 1. The van der Waals surface area contributed by atoms with Crippen LogP contribution in [0.5, 0.6) is 0 Å². The highest BCUT2D eigenvalue weighted by Gasteiger charge is 2.13. The van der Waals surface area contributed by atoms with Crippen molar-refractivity contribution in [2.75, 3.05) is 5.73 Å². The fraction of sp³-hybridized carbons (Fsp3) is 0.111. The van der Waals surface area contributed by atoms with Crippen LogP contribution in [-0.2, 0) is 0 Å². The molecule has 5 nitrogen and oxygen atoms in total. The molecule has 0 aliphatic carbocycles. The summed E-state index contributed by atoms with van der Waals surface area (Å²) in [5, 5.41) is 16.3. The van der Waals surface area contributed by atoms with Crippen LogP contribution in [0.4, 0.5) is 5.69 Å². The Morgan fingerprint density at radius 2 is 2.29 bits per heavy atom. The van der Waals surface area contributed by atoms with Crippen molar-refractivity contribution in [3.63, 3.8) is 0 Å². The maximum atomic E-state index is 9.88. The molecule has 0 bridgehead atoms. The molecular formula is C9H10N4O. The maximum Gasteiger partial charge on any atom is 0.111 e. The molecular weight excluding hydrogens is 180 g/mol. The number of nitrogen functional groups attached to an aromatic ring is 1. The van der Waals surface area contributed by atoms with Crippen LogP contribution in [0.1, 0.15) is 17.2 Å². The van der Waals surface area contributed by atoms with Gasteiger partial charge >= 0.3 is 0 Å². The second kappa shape index (κ2) is 3.47. The number of nitrogens with one attached hydrogen (secondary N) is 1. The first-order chi connectivity index (χ1) is 6.79. The van der Waals surface area contributed by atoms with Crippen molar-refractivity contribution in [2.45, 2.75) is 6.10 Å². The quantitative estimate of drug-likeness (QED) is 0.642. The van der Waals surface area contributed by atoms with Gasteiger partial charge in [-0.3, -0.25) is 10.1 Å². The summed E-state index contributed by atoms with van der Waals surface area (Å²) in [4.78, 5) is 3.91. The molecule has 0 fully saturated rings. The highest BCUT2D eigenvalue weighted by atomic mass is 16.3. The Kier molecular flexibility index (Phi) is 2.16. The summed E-state index contributed by atoms with van der Waals surface area (Å²) in [5.74, 6) is 0. The minimum absolute atomic E-state index is 0.522. The van der Waals surface area contributed by atoms with Crippen molar-refractivity contribution in [1.82, 2.24) is 15.2 Å². The summed E-state index contributed by atoms with van der Waals surface area (Å²) in [6.07, 6.45) is 5.53. The molecule has 1 atom stereocenters. The lowest BCUT2D eigenvalue weighted by Crippen LogP contribution is -2.03. The van der Waals surface area contributed by atoms with E-state index in [1.165, 1.54) is 0 Å². The average Bonchev–Trinajstić information content (AvgIpc) is 2.70. The number of aliphatic hydroxyl groups is 1. The summed E-state index contributed by atoms with van der Waals surface area (Å²) in [5.41, 5.74) is 7.48. The van der Waals surface area contributed by atoms with E-state index < -0.39 is 6.10 Å². The van der Waals surface area contributed by atoms with Gasteiger partial charge in [-0.25, -0.2) is 0 Å². The third-order valence-corrected chi connectivity index (χ3v) is 2.02. The Hall–Kier alpha value is -1.88. The summed E-state index contributed by atoms with van der Waals surface area (Å²) in [6, 6.07) is 1.65. The van der Waals surface area contributed by atoms with Crippen LogP contribution in [0, 0.1) is 0 Å². The van der Waals surface area contributed by atoms with E-state index in [0.717, 1.165) is 0 Å². The van der Waals surface area contributed by atoms with Crippen molar-refractivity contribution in [3.8, 4) is 0 Å². The van der Waals surface area contributed by atoms with E-state index in [1.54, 1.807) is 30.9 Å². The van der Waals surface area contributed by atoms with Gasteiger partial charge < -0.3 is 10.8 Å². The normalized spacial score (nSPS) is 12.6. The average molecular weight is 190 g/mol. The van der Waals surface area contributed by atoms with Gasteiger partial charge in [0.15, 0.2) is 0 Å². The molecule has 14 heavy (non-hydrogen) atoms. The lowest BCUT2D eigenvalue weighted by atomic mass is 10.1. The lowest BCUT2D eigenvalue weighted by Gasteiger charge is -2.10. The van der Waals surface area contributed by atoms with Crippen LogP contribution in [0.2, 0.25) is 0 Å². The Morgan fingerprint density at radius 1 is 1.43 bits per heavy atom. The number of rotatable bonds is 2. The zero-order valence-corrected chi connectivity index (χ0v) is 7.38. The van der Waals surface area contributed by atoms with E-state index in [0.29, 0.717) is 16.8 Å². The zero-order chi connectivity index (χ0) is 9.97. The first-order valence-corrected chi connectivity index (χ1v) is 4.15. The summed E-state index contributed by atoms with van der Waals surface area (Å²) in [7, 11) is 0. The smallest absolute Gasteiger partial charge is 0.111 e. The number of nitrogens with two attached hydrogens (primary N) is 1. The lowest BCUT2D eigenvalue weighted by molar-refractivity contribution is 0.220. The second-order valence-electron chi connectivity index (χ2n) is 2.94. The summed E-state index contributed by atoms with van der Waals surface area (Å²) in [6.45, 7) is 0. The van der Waals surface area contributed by atoms with Crippen LogP contribution in [0.25, 0.3) is 0 Å². The molecule has 0 saturated heterocycles. The first-order valence-electron chi connectivity index (χ1n) is 4.15. The van der Waals surface area contributed by atoms with E-state index in [4.69, 9.17) is 5.73 Å². The minimum atomic E-state index is -0.776. The minimum Gasteiger partial charge on any atom is -0.398 e. The molecule has 0 amide bonds. The van der Waals surface area contributed by atoms with E-state index in [-0.39, 0.29) is 0 Å². The van der Waals surface area contributed by atoms with Gasteiger partial charge in [0.05, 0.1) is 6.20 Å². The number of aromatic amines is 1.